The van der Waals surface area contributed by atoms with Crippen molar-refractivity contribution in [2.75, 3.05) is 38.6 Å². The van der Waals surface area contributed by atoms with Crippen molar-refractivity contribution in [1.29, 1.82) is 0 Å². The number of likely N-dealkylation sites (tertiary alicyclic amines) is 1. The Morgan fingerprint density at radius 2 is 2.22 bits per heavy atom. The molecule has 4 heteroatoms. The predicted octanol–water partition coefficient (Wildman–Crippen LogP) is 2.81. The summed E-state index contributed by atoms with van der Waals surface area (Å²) in [5.74, 6) is 1.03. The average Bonchev–Trinajstić information content (AvgIpc) is 3.24. The SMILES string of the molecule is CN(C)c1cccc(C2CCCN2C(=O)CCC2CCNC2)c1. The maximum absolute atomic E-state index is 12.7. The minimum Gasteiger partial charge on any atom is -0.378 e. The maximum atomic E-state index is 12.7. The Hall–Kier alpha value is -1.55. The molecule has 2 aliphatic heterocycles. The molecule has 0 aromatic heterocycles. The van der Waals surface area contributed by atoms with Crippen LogP contribution in [0, 0.1) is 5.92 Å². The van der Waals surface area contributed by atoms with Crippen LogP contribution in [0.15, 0.2) is 24.3 Å². The van der Waals surface area contributed by atoms with Crippen molar-refractivity contribution in [3.63, 3.8) is 0 Å². The lowest BCUT2D eigenvalue weighted by Crippen LogP contribution is -2.31. The Morgan fingerprint density at radius 1 is 1.35 bits per heavy atom. The van der Waals surface area contributed by atoms with E-state index in [-0.39, 0.29) is 6.04 Å². The Balaban J connectivity index is 1.64. The molecule has 3 rings (SSSR count). The zero-order chi connectivity index (χ0) is 16.2. The summed E-state index contributed by atoms with van der Waals surface area (Å²) < 4.78 is 0. The van der Waals surface area contributed by atoms with Crippen molar-refractivity contribution >= 4 is 11.6 Å². The lowest BCUT2D eigenvalue weighted by Gasteiger charge is -2.26. The van der Waals surface area contributed by atoms with Crippen molar-refractivity contribution in [2.45, 2.75) is 38.1 Å². The second kappa shape index (κ2) is 7.35. The molecular formula is C19H29N3O. The van der Waals surface area contributed by atoms with Gasteiger partial charge in [0.05, 0.1) is 6.04 Å². The third kappa shape index (κ3) is 3.86. The molecule has 0 radical (unpaired) electrons. The van der Waals surface area contributed by atoms with E-state index in [0.29, 0.717) is 18.2 Å². The smallest absolute Gasteiger partial charge is 0.223 e. The summed E-state index contributed by atoms with van der Waals surface area (Å²) in [4.78, 5) is 16.9. The first kappa shape index (κ1) is 16.3. The number of nitrogens with one attached hydrogen (secondary N) is 1. The van der Waals surface area contributed by atoms with Crippen LogP contribution >= 0.6 is 0 Å². The van der Waals surface area contributed by atoms with E-state index in [9.17, 15) is 4.79 Å². The minimum absolute atomic E-state index is 0.268. The van der Waals surface area contributed by atoms with Crippen LogP contribution in [0.3, 0.4) is 0 Å². The van der Waals surface area contributed by atoms with Crippen molar-refractivity contribution in [2.24, 2.45) is 5.92 Å². The van der Waals surface area contributed by atoms with Crippen LogP contribution in [-0.2, 0) is 4.79 Å². The van der Waals surface area contributed by atoms with Crippen LogP contribution in [-0.4, -0.2) is 44.5 Å². The van der Waals surface area contributed by atoms with Gasteiger partial charge >= 0.3 is 0 Å². The summed E-state index contributed by atoms with van der Waals surface area (Å²) in [6.45, 7) is 3.11. The standard InChI is InChI=1S/C19H29N3O/c1-21(2)17-6-3-5-16(13-17)18-7-4-12-22(18)19(23)9-8-15-10-11-20-14-15/h3,5-6,13,15,18,20H,4,7-12,14H2,1-2H3. The molecule has 1 amide bonds. The molecule has 0 spiro atoms. The number of amides is 1. The molecule has 2 heterocycles. The fourth-order valence-electron chi connectivity index (χ4n) is 3.85. The molecular weight excluding hydrogens is 286 g/mol. The van der Waals surface area contributed by atoms with Gasteiger partial charge in [0.15, 0.2) is 0 Å². The summed E-state index contributed by atoms with van der Waals surface area (Å²) in [5, 5.41) is 3.39. The van der Waals surface area contributed by atoms with Crippen molar-refractivity contribution in [3.8, 4) is 0 Å². The molecule has 2 unspecified atom stereocenters. The number of anilines is 1. The first-order valence-corrected chi connectivity index (χ1v) is 8.92. The molecule has 4 nitrogen and oxygen atoms in total. The summed E-state index contributed by atoms with van der Waals surface area (Å²) in [5.41, 5.74) is 2.49. The number of hydrogen-bond acceptors (Lipinski definition) is 3. The fraction of sp³-hybridized carbons (Fsp3) is 0.632. The quantitative estimate of drug-likeness (QED) is 0.907. The van der Waals surface area contributed by atoms with Crippen LogP contribution in [0.4, 0.5) is 5.69 Å². The summed E-state index contributed by atoms with van der Waals surface area (Å²) >= 11 is 0. The number of rotatable bonds is 5. The normalized spacial score (nSPS) is 24.2. The average molecular weight is 315 g/mol. The Morgan fingerprint density at radius 3 is 2.96 bits per heavy atom. The van der Waals surface area contributed by atoms with Crippen molar-refractivity contribution < 1.29 is 4.79 Å². The number of carbonyl (C=O) groups is 1. The maximum Gasteiger partial charge on any atom is 0.223 e. The van der Waals surface area contributed by atoms with Gasteiger partial charge in [0.1, 0.15) is 0 Å². The second-order valence-corrected chi connectivity index (χ2v) is 7.13. The Kier molecular flexibility index (Phi) is 5.21. The summed E-state index contributed by atoms with van der Waals surface area (Å²) in [6.07, 6.45) is 5.17. The molecule has 1 aromatic rings. The number of hydrogen-bond donors (Lipinski definition) is 1. The molecule has 2 fully saturated rings. The van der Waals surface area contributed by atoms with Gasteiger partial charge in [-0.3, -0.25) is 4.79 Å². The van der Waals surface area contributed by atoms with E-state index in [2.05, 4.69) is 53.5 Å². The highest BCUT2D eigenvalue weighted by molar-refractivity contribution is 5.77. The molecule has 2 aliphatic rings. The molecule has 2 atom stereocenters. The van der Waals surface area contributed by atoms with Gasteiger partial charge in [0.25, 0.3) is 0 Å². The van der Waals surface area contributed by atoms with E-state index >= 15 is 0 Å². The summed E-state index contributed by atoms with van der Waals surface area (Å²) in [6, 6.07) is 8.90. The lowest BCUT2D eigenvalue weighted by molar-refractivity contribution is -0.132. The minimum atomic E-state index is 0.268. The van der Waals surface area contributed by atoms with Gasteiger partial charge in [-0.15, -0.1) is 0 Å². The lowest BCUT2D eigenvalue weighted by atomic mass is 10.0. The number of benzene rings is 1. The number of nitrogens with zero attached hydrogens (tertiary/aromatic N) is 2. The third-order valence-corrected chi connectivity index (χ3v) is 5.27. The first-order valence-electron chi connectivity index (χ1n) is 8.92. The van der Waals surface area contributed by atoms with Crippen molar-refractivity contribution in [3.05, 3.63) is 29.8 Å². The van der Waals surface area contributed by atoms with E-state index in [0.717, 1.165) is 38.9 Å². The van der Waals surface area contributed by atoms with Gasteiger partial charge in [-0.2, -0.15) is 0 Å². The van der Waals surface area contributed by atoms with Gasteiger partial charge in [-0.1, -0.05) is 12.1 Å². The van der Waals surface area contributed by atoms with Crippen LogP contribution in [0.1, 0.15) is 43.7 Å². The highest BCUT2D eigenvalue weighted by Gasteiger charge is 2.30. The van der Waals surface area contributed by atoms with E-state index < -0.39 is 0 Å². The molecule has 0 bridgehead atoms. The Labute approximate surface area is 139 Å². The van der Waals surface area contributed by atoms with Crippen LogP contribution in [0.2, 0.25) is 0 Å². The topological polar surface area (TPSA) is 35.6 Å². The highest BCUT2D eigenvalue weighted by atomic mass is 16.2. The van der Waals surface area contributed by atoms with Gasteiger partial charge < -0.3 is 15.1 Å². The van der Waals surface area contributed by atoms with E-state index in [1.54, 1.807) is 0 Å². The van der Waals surface area contributed by atoms with Crippen LogP contribution < -0.4 is 10.2 Å². The fourth-order valence-corrected chi connectivity index (χ4v) is 3.85. The molecule has 23 heavy (non-hydrogen) atoms. The van der Waals surface area contributed by atoms with E-state index in [4.69, 9.17) is 0 Å². The Bertz CT molecular complexity index is 537. The molecule has 1 N–H and O–H groups in total. The first-order chi connectivity index (χ1) is 11.1. The molecule has 0 saturated carbocycles. The zero-order valence-electron chi connectivity index (χ0n) is 14.4. The van der Waals surface area contributed by atoms with E-state index in [1.165, 1.54) is 17.7 Å². The molecule has 1 aromatic carbocycles. The predicted molar refractivity (Wildman–Crippen MR) is 94.7 cm³/mol. The second-order valence-electron chi connectivity index (χ2n) is 7.13. The van der Waals surface area contributed by atoms with Crippen molar-refractivity contribution in [1.82, 2.24) is 10.2 Å². The van der Waals surface area contributed by atoms with E-state index in [1.807, 2.05) is 0 Å². The van der Waals surface area contributed by atoms with Crippen LogP contribution in [0.5, 0.6) is 0 Å². The number of carbonyl (C=O) groups excluding carboxylic acids is 1. The van der Waals surface area contributed by atoms with Gasteiger partial charge in [-0.25, -0.2) is 0 Å². The van der Waals surface area contributed by atoms with Gasteiger partial charge in [0, 0.05) is 32.7 Å². The third-order valence-electron chi connectivity index (χ3n) is 5.27. The highest BCUT2D eigenvalue weighted by Crippen LogP contribution is 2.34. The summed E-state index contributed by atoms with van der Waals surface area (Å²) in [7, 11) is 4.12. The van der Waals surface area contributed by atoms with Crippen LogP contribution in [0.25, 0.3) is 0 Å². The van der Waals surface area contributed by atoms with Gasteiger partial charge in [0.2, 0.25) is 5.91 Å². The largest absolute Gasteiger partial charge is 0.378 e. The molecule has 0 aliphatic carbocycles. The molecule has 126 valence electrons. The van der Waals surface area contributed by atoms with Gasteiger partial charge in [-0.05, 0) is 62.4 Å². The molecule has 2 saturated heterocycles. The monoisotopic (exact) mass is 315 g/mol. The zero-order valence-corrected chi connectivity index (χ0v) is 14.4.